The molecule has 0 aromatic rings. The minimum atomic E-state index is -0.445. The van der Waals surface area contributed by atoms with E-state index < -0.39 is 5.97 Å². The summed E-state index contributed by atoms with van der Waals surface area (Å²) in [5.74, 6) is -0.445. The number of carbonyl (C=O) groups is 2. The van der Waals surface area contributed by atoms with Gasteiger partial charge in [0, 0.05) is 11.8 Å². The fraction of sp³-hybridized carbons (Fsp3) is 0.429. The van der Waals surface area contributed by atoms with E-state index in [1.807, 2.05) is 0 Å². The van der Waals surface area contributed by atoms with Gasteiger partial charge in [0.05, 0.1) is 6.61 Å². The second-order valence-electron chi connectivity index (χ2n) is 1.84. The lowest BCUT2D eigenvalue weighted by atomic mass is 10.4. The van der Waals surface area contributed by atoms with Gasteiger partial charge < -0.3 is 10.1 Å². The molecule has 0 aliphatic rings. The molecule has 0 bridgehead atoms. The smallest absolute Gasteiger partial charge is 0.332 e. The summed E-state index contributed by atoms with van der Waals surface area (Å²) in [6.45, 7) is 3.66. The molecule has 0 aliphatic carbocycles. The van der Waals surface area contributed by atoms with Crippen LogP contribution >= 0.6 is 0 Å². The van der Waals surface area contributed by atoms with E-state index in [2.05, 4.69) is 10.1 Å². The van der Waals surface area contributed by atoms with Crippen LogP contribution in [0.4, 0.5) is 0 Å². The van der Waals surface area contributed by atoms with Crippen molar-refractivity contribution in [3.63, 3.8) is 0 Å². The Morgan fingerprint density at radius 1 is 1.64 bits per heavy atom. The molecule has 0 rings (SSSR count). The molecule has 0 heterocycles. The molecule has 11 heavy (non-hydrogen) atoms. The lowest BCUT2D eigenvalue weighted by Crippen LogP contribution is -2.10. The van der Waals surface area contributed by atoms with Gasteiger partial charge in [-0.25, -0.2) is 4.79 Å². The van der Waals surface area contributed by atoms with Crippen molar-refractivity contribution in [1.82, 2.24) is 5.32 Å². The average Bonchev–Trinajstić information content (AvgIpc) is 1.87. The van der Waals surface area contributed by atoms with Crippen LogP contribution in [0.2, 0.25) is 0 Å². The van der Waals surface area contributed by atoms with Gasteiger partial charge in [0.15, 0.2) is 0 Å². The Bertz CT molecular complexity index is 175. The van der Waals surface area contributed by atoms with Crippen LogP contribution in [-0.4, -0.2) is 19.0 Å². The van der Waals surface area contributed by atoms with Gasteiger partial charge in [-0.05, 0) is 13.8 Å². The molecular weight excluding hydrogens is 146 g/mol. The molecular formula is C7H11NO3. The molecule has 0 saturated carbocycles. The quantitative estimate of drug-likeness (QED) is 0.360. The van der Waals surface area contributed by atoms with Gasteiger partial charge in [0.1, 0.15) is 0 Å². The number of esters is 1. The van der Waals surface area contributed by atoms with Gasteiger partial charge in [-0.15, -0.1) is 0 Å². The highest BCUT2D eigenvalue weighted by Gasteiger charge is 1.95. The normalized spacial score (nSPS) is 10.5. The summed E-state index contributed by atoms with van der Waals surface area (Å²) >= 11 is 0. The minimum absolute atomic E-state index is 0.337. The molecule has 0 aromatic heterocycles. The molecule has 0 unspecified atom stereocenters. The van der Waals surface area contributed by atoms with Crippen molar-refractivity contribution in [3.05, 3.63) is 11.8 Å². The van der Waals surface area contributed by atoms with E-state index in [4.69, 9.17) is 0 Å². The van der Waals surface area contributed by atoms with Crippen LogP contribution in [0.3, 0.4) is 0 Å². The molecule has 1 amide bonds. The zero-order valence-corrected chi connectivity index (χ0v) is 6.59. The zero-order chi connectivity index (χ0) is 8.69. The molecule has 0 aromatic carbocycles. The van der Waals surface area contributed by atoms with Crippen LogP contribution in [-0.2, 0) is 14.3 Å². The molecule has 0 radical (unpaired) electrons. The number of amides is 1. The third-order valence-electron chi connectivity index (χ3n) is 0.908. The van der Waals surface area contributed by atoms with E-state index >= 15 is 0 Å². The molecule has 1 N–H and O–H groups in total. The molecule has 0 fully saturated rings. The summed E-state index contributed by atoms with van der Waals surface area (Å²) in [7, 11) is 0. The maximum atomic E-state index is 10.7. The van der Waals surface area contributed by atoms with Crippen LogP contribution in [0, 0.1) is 0 Å². The molecule has 0 spiro atoms. The van der Waals surface area contributed by atoms with Crippen molar-refractivity contribution in [1.29, 1.82) is 0 Å². The van der Waals surface area contributed by atoms with Crippen LogP contribution < -0.4 is 5.32 Å². The number of hydrogen-bond acceptors (Lipinski definition) is 3. The van der Waals surface area contributed by atoms with Crippen molar-refractivity contribution in [2.75, 3.05) is 6.61 Å². The topological polar surface area (TPSA) is 55.4 Å². The monoisotopic (exact) mass is 157 g/mol. The summed E-state index contributed by atoms with van der Waals surface area (Å²) in [6, 6.07) is 0. The number of ether oxygens (including phenoxy) is 1. The van der Waals surface area contributed by atoms with Gasteiger partial charge in [-0.3, -0.25) is 4.79 Å². The van der Waals surface area contributed by atoms with Crippen LogP contribution in [0.25, 0.3) is 0 Å². The van der Waals surface area contributed by atoms with Gasteiger partial charge in [0.25, 0.3) is 0 Å². The summed E-state index contributed by atoms with van der Waals surface area (Å²) < 4.78 is 4.59. The Kier molecular flexibility index (Phi) is 4.81. The number of allylic oxidation sites excluding steroid dienone is 1. The maximum absolute atomic E-state index is 10.7. The Hall–Kier alpha value is -1.32. The van der Waals surface area contributed by atoms with E-state index in [-0.39, 0.29) is 0 Å². The predicted octanol–water partition coefficient (Wildman–Crippen LogP) is 0.199. The number of rotatable bonds is 4. The average molecular weight is 157 g/mol. The largest absolute Gasteiger partial charge is 0.463 e. The van der Waals surface area contributed by atoms with Crippen molar-refractivity contribution < 1.29 is 14.3 Å². The molecule has 62 valence electrons. The lowest BCUT2D eigenvalue weighted by Gasteiger charge is -1.97. The highest BCUT2D eigenvalue weighted by molar-refractivity contribution is 5.83. The second kappa shape index (κ2) is 5.46. The van der Waals surface area contributed by atoms with E-state index in [9.17, 15) is 9.59 Å². The van der Waals surface area contributed by atoms with E-state index in [0.29, 0.717) is 18.7 Å². The lowest BCUT2D eigenvalue weighted by molar-refractivity contribution is -0.137. The number of nitrogens with one attached hydrogen (secondary N) is 1. The van der Waals surface area contributed by atoms with Gasteiger partial charge in [-0.2, -0.15) is 0 Å². The van der Waals surface area contributed by atoms with Gasteiger partial charge in [0.2, 0.25) is 6.41 Å². The maximum Gasteiger partial charge on any atom is 0.332 e. The fourth-order valence-corrected chi connectivity index (χ4v) is 0.495. The van der Waals surface area contributed by atoms with Crippen molar-refractivity contribution >= 4 is 12.4 Å². The molecule has 4 nitrogen and oxygen atoms in total. The van der Waals surface area contributed by atoms with Gasteiger partial charge >= 0.3 is 5.97 Å². The third-order valence-corrected chi connectivity index (χ3v) is 0.908. The highest BCUT2D eigenvalue weighted by Crippen LogP contribution is 1.87. The predicted molar refractivity (Wildman–Crippen MR) is 39.6 cm³/mol. The van der Waals surface area contributed by atoms with Gasteiger partial charge in [-0.1, -0.05) is 0 Å². The first-order valence-electron chi connectivity index (χ1n) is 3.26. The first-order valence-corrected chi connectivity index (χ1v) is 3.26. The first-order chi connectivity index (χ1) is 5.20. The zero-order valence-electron chi connectivity index (χ0n) is 6.59. The van der Waals surface area contributed by atoms with E-state index in [0.717, 1.165) is 0 Å². The van der Waals surface area contributed by atoms with E-state index in [1.54, 1.807) is 13.8 Å². The van der Waals surface area contributed by atoms with Crippen molar-refractivity contribution in [2.45, 2.75) is 13.8 Å². The highest BCUT2D eigenvalue weighted by atomic mass is 16.5. The van der Waals surface area contributed by atoms with Crippen LogP contribution in [0.5, 0.6) is 0 Å². The van der Waals surface area contributed by atoms with E-state index in [1.165, 1.54) is 6.08 Å². The molecule has 4 heteroatoms. The third kappa shape index (κ3) is 5.14. The van der Waals surface area contributed by atoms with Crippen molar-refractivity contribution in [3.8, 4) is 0 Å². The first kappa shape index (κ1) is 9.68. The Morgan fingerprint density at radius 3 is 2.73 bits per heavy atom. The Morgan fingerprint density at radius 2 is 2.27 bits per heavy atom. The fourth-order valence-electron chi connectivity index (χ4n) is 0.495. The van der Waals surface area contributed by atoms with Crippen LogP contribution in [0.1, 0.15) is 13.8 Å². The molecule has 0 aliphatic heterocycles. The summed E-state index contributed by atoms with van der Waals surface area (Å²) in [6.07, 6.45) is 1.73. The molecule has 0 atom stereocenters. The number of hydrogen-bond donors (Lipinski definition) is 1. The SMILES string of the molecule is CCOC(=O)/C=C(/C)NC=O. The van der Waals surface area contributed by atoms with Crippen molar-refractivity contribution in [2.24, 2.45) is 0 Å². The Balaban J connectivity index is 3.85. The summed E-state index contributed by atoms with van der Waals surface area (Å²) in [5.41, 5.74) is 0.471. The Labute approximate surface area is 65.2 Å². The summed E-state index contributed by atoms with van der Waals surface area (Å²) in [5, 5.41) is 2.31. The molecule has 0 saturated heterocycles. The summed E-state index contributed by atoms with van der Waals surface area (Å²) in [4.78, 5) is 20.5. The second-order valence-corrected chi connectivity index (χ2v) is 1.84. The number of carbonyl (C=O) groups excluding carboxylic acids is 2. The van der Waals surface area contributed by atoms with Crippen LogP contribution in [0.15, 0.2) is 11.8 Å². The standard InChI is InChI=1S/C7H11NO3/c1-3-11-7(10)4-6(2)8-5-9/h4-5H,3H2,1-2H3,(H,8,9)/b6-4-. The minimum Gasteiger partial charge on any atom is -0.463 e.